The molecule has 0 bridgehead atoms. The molecule has 3 heterocycles. The van der Waals surface area contributed by atoms with Crippen LogP contribution in [0.4, 0.5) is 0 Å². The molecule has 5 nitrogen and oxygen atoms in total. The third kappa shape index (κ3) is 6.84. The monoisotopic (exact) mass is 875 g/mol. The van der Waals surface area contributed by atoms with Crippen LogP contribution in [0.2, 0.25) is 0 Å². The number of nitrogens with zero attached hydrogens (tertiary/aromatic N) is 3. The van der Waals surface area contributed by atoms with E-state index in [0.717, 1.165) is 66.4 Å². The summed E-state index contributed by atoms with van der Waals surface area (Å²) in [6.07, 6.45) is 0. The Morgan fingerprint density at radius 3 is 1.35 bits per heavy atom. The first-order valence-electron chi connectivity index (χ1n) is 25.3. The maximum absolute atomic E-state index is 9.78. The van der Waals surface area contributed by atoms with E-state index in [1.807, 2.05) is 164 Å². The second-order valence-electron chi connectivity index (χ2n) is 16.6. The molecule has 0 N–H and O–H groups in total. The lowest BCUT2D eigenvalue weighted by Crippen LogP contribution is -2.00. The third-order valence-corrected chi connectivity index (χ3v) is 12.5. The highest BCUT2D eigenvalue weighted by Gasteiger charge is 2.20. The minimum absolute atomic E-state index is 0.0172. The highest BCUT2D eigenvalue weighted by atomic mass is 16.3. The van der Waals surface area contributed by atoms with Gasteiger partial charge < -0.3 is 8.83 Å². The van der Waals surface area contributed by atoms with Crippen LogP contribution in [0.15, 0.2) is 245 Å². The van der Waals surface area contributed by atoms with Crippen LogP contribution in [-0.4, -0.2) is 15.0 Å². The SMILES string of the molecule is [2H]c1c([2H])c(-c2ccccc2-c2ccccc2)c2c(oc3c([2H])c(-c4nc(-c5ccc(-c6ccccc6)cc5)nc(-c5ccc(-c6cccc7c6oc6c(-c8ccccc8)cccc67)cc5)n4)c([2H])c([2H])c32)c1[2H]. The number of benzene rings is 10. The fourth-order valence-electron chi connectivity index (χ4n) is 9.21. The van der Waals surface area contributed by atoms with Gasteiger partial charge in [-0.25, -0.2) is 15.0 Å². The van der Waals surface area contributed by atoms with Crippen molar-refractivity contribution in [2.45, 2.75) is 0 Å². The summed E-state index contributed by atoms with van der Waals surface area (Å²) in [5, 5.41) is 2.34. The number of rotatable bonds is 8. The van der Waals surface area contributed by atoms with Crippen molar-refractivity contribution in [1.82, 2.24) is 15.0 Å². The Bertz CT molecular complexity index is 4350. The summed E-state index contributed by atoms with van der Waals surface area (Å²) in [7, 11) is 0. The summed E-state index contributed by atoms with van der Waals surface area (Å²) in [6, 6.07) is 63.6. The normalized spacial score (nSPS) is 12.8. The van der Waals surface area contributed by atoms with Crippen LogP contribution >= 0.6 is 0 Å². The molecule has 0 saturated carbocycles. The van der Waals surface area contributed by atoms with Crippen LogP contribution in [-0.2, 0) is 0 Å². The molecule has 13 aromatic rings. The van der Waals surface area contributed by atoms with E-state index < -0.39 is 0 Å². The maximum Gasteiger partial charge on any atom is 0.164 e. The number of furan rings is 2. The van der Waals surface area contributed by atoms with Crippen molar-refractivity contribution in [2.24, 2.45) is 0 Å². The van der Waals surface area contributed by atoms with Gasteiger partial charge >= 0.3 is 0 Å². The van der Waals surface area contributed by atoms with Crippen LogP contribution in [0, 0.1) is 0 Å². The Kier molecular flexibility index (Phi) is 8.01. The molecule has 0 unspecified atom stereocenters. The Labute approximate surface area is 400 Å². The zero-order valence-corrected chi connectivity index (χ0v) is 36.2. The minimum atomic E-state index is -0.360. The molecule has 3 aromatic heterocycles. The van der Waals surface area contributed by atoms with Gasteiger partial charge in [0.1, 0.15) is 22.3 Å². The quantitative estimate of drug-likeness (QED) is 0.152. The molecule has 0 aliphatic carbocycles. The number of aromatic nitrogens is 3. The van der Waals surface area contributed by atoms with Gasteiger partial charge in [-0.15, -0.1) is 0 Å². The number of hydrogen-bond acceptors (Lipinski definition) is 5. The average Bonchev–Trinajstić information content (AvgIpc) is 4.05. The molecule has 0 atom stereocenters. The van der Waals surface area contributed by atoms with Gasteiger partial charge in [0, 0.05) is 49.4 Å². The number of hydrogen-bond donors (Lipinski definition) is 0. The zero-order chi connectivity index (χ0) is 50.2. The van der Waals surface area contributed by atoms with E-state index in [0.29, 0.717) is 16.7 Å². The molecule has 0 amide bonds. The first-order chi connectivity index (χ1) is 36.2. The summed E-state index contributed by atoms with van der Waals surface area (Å²) in [5.74, 6) is 0.548. The highest BCUT2D eigenvalue weighted by molar-refractivity contribution is 6.15. The molecular weight excluding hydrogens is 831 g/mol. The predicted molar refractivity (Wildman–Crippen MR) is 278 cm³/mol. The lowest BCUT2D eigenvalue weighted by atomic mass is 9.92. The highest BCUT2D eigenvalue weighted by Crippen LogP contribution is 2.43. The van der Waals surface area contributed by atoms with Gasteiger partial charge in [0.15, 0.2) is 17.5 Å². The van der Waals surface area contributed by atoms with E-state index in [4.69, 9.17) is 26.5 Å². The second kappa shape index (κ2) is 16.4. The Balaban J connectivity index is 0.978. The van der Waals surface area contributed by atoms with Crippen molar-refractivity contribution in [1.29, 1.82) is 0 Å². The van der Waals surface area contributed by atoms with E-state index in [2.05, 4.69) is 36.4 Å². The van der Waals surface area contributed by atoms with Crippen LogP contribution in [0.25, 0.3) is 134 Å². The Morgan fingerprint density at radius 2 is 0.750 bits per heavy atom. The van der Waals surface area contributed by atoms with E-state index in [-0.39, 0.29) is 86.8 Å². The Morgan fingerprint density at radius 1 is 0.294 bits per heavy atom. The van der Waals surface area contributed by atoms with Gasteiger partial charge in [-0.05, 0) is 62.6 Å². The molecule has 5 heteroatoms. The molecule has 0 saturated heterocycles. The minimum Gasteiger partial charge on any atom is -0.456 e. The van der Waals surface area contributed by atoms with Gasteiger partial charge in [0.05, 0.1) is 8.22 Å². The van der Waals surface area contributed by atoms with Crippen molar-refractivity contribution in [3.63, 3.8) is 0 Å². The zero-order valence-electron chi connectivity index (χ0n) is 42.2. The first kappa shape index (κ1) is 33.3. The summed E-state index contributed by atoms with van der Waals surface area (Å²) in [5.41, 5.74) is 11.2. The molecule has 10 aromatic carbocycles. The van der Waals surface area contributed by atoms with Gasteiger partial charge in [-0.1, -0.05) is 218 Å². The average molecular weight is 876 g/mol. The molecule has 0 fully saturated rings. The summed E-state index contributed by atoms with van der Waals surface area (Å²) in [4.78, 5) is 14.9. The maximum atomic E-state index is 9.78. The number of fused-ring (bicyclic) bond motifs is 6. The number of para-hydroxylation sites is 2. The molecule has 0 aliphatic heterocycles. The van der Waals surface area contributed by atoms with Gasteiger partial charge in [-0.2, -0.15) is 0 Å². The molecule has 0 aliphatic rings. The van der Waals surface area contributed by atoms with Crippen molar-refractivity contribution < 1.29 is 17.1 Å². The Hall–Kier alpha value is -9.19. The lowest BCUT2D eigenvalue weighted by molar-refractivity contribution is 0.669. The predicted octanol–water partition coefficient (Wildman–Crippen LogP) is 17.0. The van der Waals surface area contributed by atoms with Crippen molar-refractivity contribution in [3.05, 3.63) is 236 Å². The lowest BCUT2D eigenvalue weighted by Gasteiger charge is -2.11. The smallest absolute Gasteiger partial charge is 0.164 e. The van der Waals surface area contributed by atoms with Gasteiger partial charge in [0.2, 0.25) is 0 Å². The molecule has 0 spiro atoms. The van der Waals surface area contributed by atoms with E-state index in [1.54, 1.807) is 0 Å². The second-order valence-corrected chi connectivity index (χ2v) is 16.6. The van der Waals surface area contributed by atoms with E-state index >= 15 is 0 Å². The standard InChI is InChI=1S/C63H39N3O2/c1-4-15-40(16-5-1)41-29-33-45(34-30-41)61-64-62(46-35-31-44(32-36-46)50-24-13-27-54-53-26-12-23-49(59(53)68-60(50)54)43-19-8-3-9-20-43)66-63(65-61)47-37-38-55-57(39-47)67-56-28-14-25-52(58(55)56)51-22-11-10-21-48(51)42-17-6-2-7-18-42/h1-39H/i14D,25D,28D,37D,38D,39D. The topological polar surface area (TPSA) is 65.0 Å². The third-order valence-electron chi connectivity index (χ3n) is 12.5. The van der Waals surface area contributed by atoms with Crippen molar-refractivity contribution in [2.75, 3.05) is 0 Å². The first-order valence-corrected chi connectivity index (χ1v) is 22.3. The summed E-state index contributed by atoms with van der Waals surface area (Å²) < 4.78 is 69.5. The van der Waals surface area contributed by atoms with Crippen LogP contribution in [0.3, 0.4) is 0 Å². The molecule has 318 valence electrons. The molecule has 68 heavy (non-hydrogen) atoms. The summed E-state index contributed by atoms with van der Waals surface area (Å²) >= 11 is 0. The molecule has 13 rings (SSSR count). The summed E-state index contributed by atoms with van der Waals surface area (Å²) in [6.45, 7) is 0. The van der Waals surface area contributed by atoms with Gasteiger partial charge in [-0.3, -0.25) is 0 Å². The van der Waals surface area contributed by atoms with Crippen LogP contribution in [0.5, 0.6) is 0 Å². The van der Waals surface area contributed by atoms with E-state index in [9.17, 15) is 5.48 Å². The van der Waals surface area contributed by atoms with Crippen molar-refractivity contribution >= 4 is 43.9 Å². The van der Waals surface area contributed by atoms with Gasteiger partial charge in [0.25, 0.3) is 0 Å². The fraction of sp³-hybridized carbons (Fsp3) is 0. The molecular formula is C63H39N3O2. The van der Waals surface area contributed by atoms with E-state index in [1.165, 1.54) is 0 Å². The van der Waals surface area contributed by atoms with Crippen LogP contribution in [0.1, 0.15) is 8.22 Å². The van der Waals surface area contributed by atoms with Crippen LogP contribution < -0.4 is 0 Å². The fourth-order valence-corrected chi connectivity index (χ4v) is 9.21. The van der Waals surface area contributed by atoms with Crippen molar-refractivity contribution in [3.8, 4) is 89.8 Å². The largest absolute Gasteiger partial charge is 0.456 e. The molecule has 0 radical (unpaired) electrons.